The average molecular weight is 422 g/mol. The Hall–Kier alpha value is -3.39. The summed E-state index contributed by atoms with van der Waals surface area (Å²) in [5.41, 5.74) is 2.79. The molecule has 3 aromatic rings. The number of carbonyl (C=O) groups is 1. The van der Waals surface area contributed by atoms with Crippen LogP contribution in [0, 0.1) is 0 Å². The minimum Gasteiger partial charge on any atom is -0.497 e. The first kappa shape index (κ1) is 20.9. The second kappa shape index (κ2) is 10.1. The Morgan fingerprint density at radius 1 is 1.10 bits per heavy atom. The highest BCUT2D eigenvalue weighted by molar-refractivity contribution is 5.90. The van der Waals surface area contributed by atoms with Gasteiger partial charge in [0, 0.05) is 42.9 Å². The van der Waals surface area contributed by atoms with E-state index in [2.05, 4.69) is 20.4 Å². The van der Waals surface area contributed by atoms with Crippen molar-refractivity contribution in [1.82, 2.24) is 10.1 Å². The number of aryl methyl sites for hydroxylation is 1. The largest absolute Gasteiger partial charge is 0.497 e. The van der Waals surface area contributed by atoms with Gasteiger partial charge in [0.05, 0.1) is 20.3 Å². The molecule has 8 nitrogen and oxygen atoms in total. The van der Waals surface area contributed by atoms with Crippen LogP contribution in [0.3, 0.4) is 0 Å². The quantitative estimate of drug-likeness (QED) is 0.594. The van der Waals surface area contributed by atoms with E-state index in [0.29, 0.717) is 31.0 Å². The zero-order valence-corrected chi connectivity index (χ0v) is 17.5. The number of methoxy groups -OCH3 is 1. The number of aromatic nitrogens is 2. The first-order valence-corrected chi connectivity index (χ1v) is 10.4. The highest BCUT2D eigenvalue weighted by Gasteiger charge is 2.12. The molecule has 0 radical (unpaired) electrons. The van der Waals surface area contributed by atoms with E-state index in [1.54, 1.807) is 7.11 Å². The molecule has 2 aromatic carbocycles. The van der Waals surface area contributed by atoms with E-state index in [0.717, 1.165) is 49.0 Å². The number of nitrogens with zero attached hydrogens (tertiary/aromatic N) is 3. The average Bonchev–Trinajstić information content (AvgIpc) is 3.29. The lowest BCUT2D eigenvalue weighted by atomic mass is 10.2. The molecule has 0 saturated carbocycles. The molecule has 1 aliphatic rings. The molecule has 0 unspecified atom stereocenters. The molecule has 0 atom stereocenters. The van der Waals surface area contributed by atoms with E-state index in [1.807, 2.05) is 48.5 Å². The van der Waals surface area contributed by atoms with Crippen LogP contribution in [-0.4, -0.2) is 49.5 Å². The topological polar surface area (TPSA) is 89.7 Å². The lowest BCUT2D eigenvalue weighted by molar-refractivity contribution is -0.116. The van der Waals surface area contributed by atoms with E-state index >= 15 is 0 Å². The summed E-state index contributed by atoms with van der Waals surface area (Å²) in [5, 5.41) is 6.95. The van der Waals surface area contributed by atoms with E-state index < -0.39 is 0 Å². The number of anilines is 2. The van der Waals surface area contributed by atoms with Crippen LogP contribution in [0.1, 0.15) is 18.7 Å². The molecule has 31 heavy (non-hydrogen) atoms. The molecular formula is C23H26N4O4. The molecule has 1 N–H and O–H groups in total. The summed E-state index contributed by atoms with van der Waals surface area (Å²) in [7, 11) is 1.62. The number of benzene rings is 2. The SMILES string of the molecule is COc1ccc(-c2noc(CCCC(=O)Nc3ccc(N4CCOCC4)cc3)n2)cc1. The van der Waals surface area contributed by atoms with Crippen molar-refractivity contribution in [2.24, 2.45) is 0 Å². The van der Waals surface area contributed by atoms with Crippen molar-refractivity contribution >= 4 is 17.3 Å². The minimum atomic E-state index is -0.0333. The number of amides is 1. The van der Waals surface area contributed by atoms with Crippen LogP contribution >= 0.6 is 0 Å². The Bertz CT molecular complexity index is 980. The van der Waals surface area contributed by atoms with Gasteiger partial charge in [-0.3, -0.25) is 4.79 Å². The molecular weight excluding hydrogens is 396 g/mol. The standard InChI is InChI=1S/C23H26N4O4/c1-29-20-11-5-17(6-12-20)23-25-22(31-26-23)4-2-3-21(28)24-18-7-9-19(10-8-18)27-13-15-30-16-14-27/h5-12H,2-4,13-16H2,1H3,(H,24,28). The van der Waals surface area contributed by atoms with Gasteiger partial charge in [-0.25, -0.2) is 0 Å². The normalized spacial score (nSPS) is 13.8. The van der Waals surface area contributed by atoms with Crippen LogP contribution in [0.4, 0.5) is 11.4 Å². The fraction of sp³-hybridized carbons (Fsp3) is 0.348. The summed E-state index contributed by atoms with van der Waals surface area (Å²) in [6.07, 6.45) is 1.56. The lowest BCUT2D eigenvalue weighted by Gasteiger charge is -2.28. The summed E-state index contributed by atoms with van der Waals surface area (Å²) in [6.45, 7) is 3.28. The van der Waals surface area contributed by atoms with Crippen molar-refractivity contribution in [3.05, 3.63) is 54.4 Å². The maximum Gasteiger partial charge on any atom is 0.226 e. The predicted molar refractivity (Wildman–Crippen MR) is 117 cm³/mol. The van der Waals surface area contributed by atoms with Gasteiger partial charge in [-0.05, 0) is 55.0 Å². The number of hydrogen-bond acceptors (Lipinski definition) is 7. The molecule has 162 valence electrons. The molecule has 1 saturated heterocycles. The van der Waals surface area contributed by atoms with Crippen LogP contribution in [0.25, 0.3) is 11.4 Å². The number of nitrogens with one attached hydrogen (secondary N) is 1. The summed E-state index contributed by atoms with van der Waals surface area (Å²) < 4.78 is 15.8. The first-order valence-electron chi connectivity index (χ1n) is 10.4. The van der Waals surface area contributed by atoms with Gasteiger partial charge in [-0.2, -0.15) is 4.98 Å². The van der Waals surface area contributed by atoms with Crippen molar-refractivity contribution in [2.45, 2.75) is 19.3 Å². The smallest absolute Gasteiger partial charge is 0.226 e. The van der Waals surface area contributed by atoms with Crippen LogP contribution in [0.5, 0.6) is 5.75 Å². The molecule has 0 aliphatic carbocycles. The van der Waals surface area contributed by atoms with Gasteiger partial charge >= 0.3 is 0 Å². The van der Waals surface area contributed by atoms with Crippen molar-refractivity contribution in [3.8, 4) is 17.1 Å². The number of hydrogen-bond donors (Lipinski definition) is 1. The Labute approximate surface area is 181 Å². The van der Waals surface area contributed by atoms with Crippen molar-refractivity contribution in [2.75, 3.05) is 43.6 Å². The van der Waals surface area contributed by atoms with Gasteiger partial charge in [0.2, 0.25) is 17.6 Å². The van der Waals surface area contributed by atoms with E-state index in [-0.39, 0.29) is 5.91 Å². The fourth-order valence-corrected chi connectivity index (χ4v) is 3.41. The molecule has 4 rings (SSSR count). The molecule has 0 spiro atoms. The highest BCUT2D eigenvalue weighted by atomic mass is 16.5. The van der Waals surface area contributed by atoms with Crippen LogP contribution < -0.4 is 15.0 Å². The maximum atomic E-state index is 12.3. The Morgan fingerprint density at radius 3 is 2.55 bits per heavy atom. The number of rotatable bonds is 8. The third-order valence-electron chi connectivity index (χ3n) is 5.14. The summed E-state index contributed by atoms with van der Waals surface area (Å²) in [4.78, 5) is 18.9. The molecule has 8 heteroatoms. The van der Waals surface area contributed by atoms with Gasteiger partial charge in [-0.1, -0.05) is 5.16 Å². The Kier molecular flexibility index (Phi) is 6.78. The van der Waals surface area contributed by atoms with Gasteiger partial charge in [-0.15, -0.1) is 0 Å². The second-order valence-corrected chi connectivity index (χ2v) is 7.29. The van der Waals surface area contributed by atoms with Crippen molar-refractivity contribution in [1.29, 1.82) is 0 Å². The van der Waals surface area contributed by atoms with Gasteiger partial charge in [0.25, 0.3) is 0 Å². The molecule has 1 aromatic heterocycles. The molecule has 1 fully saturated rings. The second-order valence-electron chi connectivity index (χ2n) is 7.29. The monoisotopic (exact) mass is 422 g/mol. The molecule has 0 bridgehead atoms. The number of carbonyl (C=O) groups excluding carboxylic acids is 1. The summed E-state index contributed by atoms with van der Waals surface area (Å²) >= 11 is 0. The van der Waals surface area contributed by atoms with Crippen LogP contribution in [0.15, 0.2) is 53.1 Å². The lowest BCUT2D eigenvalue weighted by Crippen LogP contribution is -2.36. The van der Waals surface area contributed by atoms with Gasteiger partial charge < -0.3 is 24.2 Å². The summed E-state index contributed by atoms with van der Waals surface area (Å²) in [5.74, 6) is 1.79. The van der Waals surface area contributed by atoms with Crippen LogP contribution in [0.2, 0.25) is 0 Å². The predicted octanol–water partition coefficient (Wildman–Crippen LogP) is 3.54. The van der Waals surface area contributed by atoms with Gasteiger partial charge in [0.1, 0.15) is 5.75 Å². The Morgan fingerprint density at radius 2 is 1.84 bits per heavy atom. The third kappa shape index (κ3) is 5.61. The maximum absolute atomic E-state index is 12.3. The number of ether oxygens (including phenoxy) is 2. The summed E-state index contributed by atoms with van der Waals surface area (Å²) in [6, 6.07) is 15.4. The zero-order valence-electron chi connectivity index (χ0n) is 17.5. The van der Waals surface area contributed by atoms with Gasteiger partial charge in [0.15, 0.2) is 0 Å². The number of morpholine rings is 1. The van der Waals surface area contributed by atoms with Crippen molar-refractivity contribution < 1.29 is 18.8 Å². The molecule has 1 amide bonds. The fourth-order valence-electron chi connectivity index (χ4n) is 3.41. The zero-order chi connectivity index (χ0) is 21.5. The molecule has 2 heterocycles. The highest BCUT2D eigenvalue weighted by Crippen LogP contribution is 2.21. The molecule has 1 aliphatic heterocycles. The van der Waals surface area contributed by atoms with E-state index in [9.17, 15) is 4.79 Å². The van der Waals surface area contributed by atoms with Crippen molar-refractivity contribution in [3.63, 3.8) is 0 Å². The minimum absolute atomic E-state index is 0.0333. The van der Waals surface area contributed by atoms with Crippen LogP contribution in [-0.2, 0) is 16.0 Å². The van der Waals surface area contributed by atoms with E-state index in [4.69, 9.17) is 14.0 Å². The third-order valence-corrected chi connectivity index (χ3v) is 5.14. The first-order chi connectivity index (χ1) is 15.2. The van der Waals surface area contributed by atoms with E-state index in [1.165, 1.54) is 0 Å². The Balaban J connectivity index is 1.22.